The normalized spacial score (nSPS) is 14.3. The van der Waals surface area contributed by atoms with Crippen LogP contribution >= 0.6 is 15.9 Å². The summed E-state index contributed by atoms with van der Waals surface area (Å²) >= 11 is 3.44. The van der Waals surface area contributed by atoms with Crippen LogP contribution in [0.15, 0.2) is 22.7 Å². The maximum absolute atomic E-state index is 9.09. The average Bonchev–Trinajstić information content (AvgIpc) is 3.18. The molecule has 0 saturated heterocycles. The maximum atomic E-state index is 9.09. The van der Waals surface area contributed by atoms with E-state index in [9.17, 15) is 0 Å². The van der Waals surface area contributed by atoms with Crippen molar-refractivity contribution >= 4 is 21.6 Å². The predicted molar refractivity (Wildman–Crippen MR) is 75.7 cm³/mol. The molecule has 0 spiro atoms. The molecule has 0 heterocycles. The molecule has 4 heteroatoms. The molecule has 0 aromatic heterocycles. The molecule has 0 unspecified atom stereocenters. The van der Waals surface area contributed by atoms with Crippen LogP contribution in [0.25, 0.3) is 0 Å². The average molecular weight is 309 g/mol. The summed E-state index contributed by atoms with van der Waals surface area (Å²) in [7, 11) is 1.99. The summed E-state index contributed by atoms with van der Waals surface area (Å²) in [6.45, 7) is 2.40. The highest BCUT2D eigenvalue weighted by molar-refractivity contribution is 9.10. The van der Waals surface area contributed by atoms with Crippen LogP contribution in [0, 0.1) is 17.2 Å². The van der Waals surface area contributed by atoms with Gasteiger partial charge in [0.2, 0.25) is 0 Å². The van der Waals surface area contributed by atoms with E-state index in [-0.39, 0.29) is 0 Å². The van der Waals surface area contributed by atoms with E-state index in [4.69, 9.17) is 10.00 Å². The molecule has 0 bridgehead atoms. The van der Waals surface area contributed by atoms with Gasteiger partial charge in [-0.3, -0.25) is 0 Å². The maximum Gasteiger partial charge on any atom is 0.101 e. The molecule has 0 N–H and O–H groups in total. The molecule has 3 nitrogen and oxygen atoms in total. The van der Waals surface area contributed by atoms with Crippen LogP contribution in [0.1, 0.15) is 18.4 Å². The number of likely N-dealkylation sites (N-methyl/N-ethyl adjacent to an activating group) is 1. The second-order valence-corrected chi connectivity index (χ2v) is 5.63. The van der Waals surface area contributed by atoms with Gasteiger partial charge in [0.05, 0.1) is 17.9 Å². The van der Waals surface area contributed by atoms with Crippen molar-refractivity contribution in [2.24, 2.45) is 5.92 Å². The van der Waals surface area contributed by atoms with Crippen LogP contribution < -0.4 is 4.90 Å². The van der Waals surface area contributed by atoms with Gasteiger partial charge >= 0.3 is 0 Å². The van der Waals surface area contributed by atoms with Crippen molar-refractivity contribution in [3.05, 3.63) is 28.2 Å². The molecule has 1 saturated carbocycles. The van der Waals surface area contributed by atoms with E-state index < -0.39 is 0 Å². The summed E-state index contributed by atoms with van der Waals surface area (Å²) in [5, 5.41) is 9.09. The highest BCUT2D eigenvalue weighted by atomic mass is 79.9. The molecular weight excluding hydrogens is 292 g/mol. The molecule has 0 amide bonds. The van der Waals surface area contributed by atoms with Gasteiger partial charge < -0.3 is 9.64 Å². The SMILES string of the molecule is CN(CCOCC1CC1)c1cc(Br)ccc1C#N. The van der Waals surface area contributed by atoms with E-state index in [0.717, 1.165) is 29.2 Å². The van der Waals surface area contributed by atoms with E-state index in [1.54, 1.807) is 0 Å². The van der Waals surface area contributed by atoms with Gasteiger partial charge in [-0.2, -0.15) is 5.26 Å². The van der Waals surface area contributed by atoms with Gasteiger partial charge in [-0.1, -0.05) is 15.9 Å². The second-order valence-electron chi connectivity index (χ2n) is 4.71. The zero-order valence-electron chi connectivity index (χ0n) is 10.5. The Morgan fingerprint density at radius 2 is 2.28 bits per heavy atom. The Hall–Kier alpha value is -1.05. The van der Waals surface area contributed by atoms with Crippen LogP contribution in [-0.4, -0.2) is 26.8 Å². The summed E-state index contributed by atoms with van der Waals surface area (Å²) in [5.74, 6) is 0.802. The van der Waals surface area contributed by atoms with Gasteiger partial charge in [0, 0.05) is 24.7 Å². The Balaban J connectivity index is 1.88. The molecule has 18 heavy (non-hydrogen) atoms. The van der Waals surface area contributed by atoms with E-state index in [0.29, 0.717) is 12.2 Å². The van der Waals surface area contributed by atoms with Crippen LogP contribution in [0.2, 0.25) is 0 Å². The van der Waals surface area contributed by atoms with Crippen molar-refractivity contribution in [2.45, 2.75) is 12.8 Å². The first-order chi connectivity index (χ1) is 8.70. The quantitative estimate of drug-likeness (QED) is 0.757. The number of nitrogens with zero attached hydrogens (tertiary/aromatic N) is 2. The van der Waals surface area contributed by atoms with Gasteiger partial charge in [-0.25, -0.2) is 0 Å². The van der Waals surface area contributed by atoms with Gasteiger partial charge in [0.1, 0.15) is 6.07 Å². The summed E-state index contributed by atoms with van der Waals surface area (Å²) < 4.78 is 6.61. The Morgan fingerprint density at radius 1 is 1.50 bits per heavy atom. The van der Waals surface area contributed by atoms with Crippen molar-refractivity contribution in [3.8, 4) is 6.07 Å². The highest BCUT2D eigenvalue weighted by Gasteiger charge is 2.21. The lowest BCUT2D eigenvalue weighted by molar-refractivity contribution is 0.131. The largest absolute Gasteiger partial charge is 0.379 e. The van der Waals surface area contributed by atoms with Crippen LogP contribution in [0.3, 0.4) is 0 Å². The van der Waals surface area contributed by atoms with Crippen molar-refractivity contribution < 1.29 is 4.74 Å². The molecule has 1 aliphatic rings. The molecule has 1 fully saturated rings. The van der Waals surface area contributed by atoms with E-state index in [1.165, 1.54) is 12.8 Å². The first-order valence-corrected chi connectivity index (χ1v) is 6.98. The van der Waals surface area contributed by atoms with E-state index >= 15 is 0 Å². The summed E-state index contributed by atoms with van der Waals surface area (Å²) in [6, 6.07) is 7.91. The molecule has 1 aromatic rings. The third kappa shape index (κ3) is 3.72. The standard InChI is InChI=1S/C14H17BrN2O/c1-17(6-7-18-10-11-2-3-11)14-8-13(15)5-4-12(14)9-16/h4-5,8,11H,2-3,6-7,10H2,1H3. The minimum absolute atomic E-state index is 0.697. The summed E-state index contributed by atoms with van der Waals surface area (Å²) in [6.07, 6.45) is 2.64. The van der Waals surface area contributed by atoms with Crippen molar-refractivity contribution in [3.63, 3.8) is 0 Å². The zero-order valence-corrected chi connectivity index (χ0v) is 12.1. The predicted octanol–water partition coefficient (Wildman–Crippen LogP) is 3.18. The number of benzene rings is 1. The van der Waals surface area contributed by atoms with Crippen LogP contribution in [0.4, 0.5) is 5.69 Å². The number of rotatable bonds is 6. The number of anilines is 1. The molecule has 1 aromatic carbocycles. The fourth-order valence-electron chi connectivity index (χ4n) is 1.77. The Bertz CT molecular complexity index is 452. The minimum atomic E-state index is 0.697. The molecule has 1 aliphatic carbocycles. The van der Waals surface area contributed by atoms with Gasteiger partial charge in [0.15, 0.2) is 0 Å². The third-order valence-corrected chi connectivity index (χ3v) is 3.61. The van der Waals surface area contributed by atoms with Crippen molar-refractivity contribution in [1.82, 2.24) is 0 Å². The fraction of sp³-hybridized carbons (Fsp3) is 0.500. The zero-order chi connectivity index (χ0) is 13.0. The minimum Gasteiger partial charge on any atom is -0.379 e. The number of ether oxygens (including phenoxy) is 1. The van der Waals surface area contributed by atoms with Gasteiger partial charge in [0.25, 0.3) is 0 Å². The molecule has 0 radical (unpaired) electrons. The molecule has 96 valence electrons. The Morgan fingerprint density at radius 3 is 2.94 bits per heavy atom. The third-order valence-electron chi connectivity index (χ3n) is 3.11. The second kappa shape index (κ2) is 6.21. The Kier molecular flexibility index (Phi) is 4.62. The van der Waals surface area contributed by atoms with Crippen molar-refractivity contribution in [1.29, 1.82) is 5.26 Å². The number of nitriles is 1. The monoisotopic (exact) mass is 308 g/mol. The number of halogens is 1. The smallest absolute Gasteiger partial charge is 0.101 e. The van der Waals surface area contributed by atoms with Gasteiger partial charge in [-0.05, 0) is 37.0 Å². The van der Waals surface area contributed by atoms with Gasteiger partial charge in [-0.15, -0.1) is 0 Å². The van der Waals surface area contributed by atoms with E-state index in [2.05, 4.69) is 26.9 Å². The summed E-state index contributed by atoms with van der Waals surface area (Å²) in [5.41, 5.74) is 1.64. The molecular formula is C14H17BrN2O. The first kappa shape index (κ1) is 13.4. The van der Waals surface area contributed by atoms with Crippen LogP contribution in [-0.2, 0) is 4.74 Å². The van der Waals surface area contributed by atoms with Crippen molar-refractivity contribution in [2.75, 3.05) is 31.7 Å². The highest BCUT2D eigenvalue weighted by Crippen LogP contribution is 2.28. The topological polar surface area (TPSA) is 36.3 Å². The molecule has 0 aliphatic heterocycles. The lowest BCUT2D eigenvalue weighted by atomic mass is 10.2. The van der Waals surface area contributed by atoms with E-state index in [1.807, 2.05) is 25.2 Å². The summed E-state index contributed by atoms with van der Waals surface area (Å²) in [4.78, 5) is 2.07. The first-order valence-electron chi connectivity index (χ1n) is 6.19. The number of hydrogen-bond acceptors (Lipinski definition) is 3. The Labute approximate surface area is 116 Å². The molecule has 2 rings (SSSR count). The van der Waals surface area contributed by atoms with Crippen LogP contribution in [0.5, 0.6) is 0 Å². The lowest BCUT2D eigenvalue weighted by Gasteiger charge is -2.20. The lowest BCUT2D eigenvalue weighted by Crippen LogP contribution is -2.23. The number of hydrogen-bond donors (Lipinski definition) is 0. The molecule has 0 atom stereocenters. The fourth-order valence-corrected chi connectivity index (χ4v) is 2.12.